The predicted octanol–water partition coefficient (Wildman–Crippen LogP) is 5.35. The Hall–Kier alpha value is -3.51. The Morgan fingerprint density at radius 3 is 1.87 bits per heavy atom. The van der Waals surface area contributed by atoms with Gasteiger partial charge in [-0.15, -0.1) is 0 Å². The largest absolute Gasteiger partial charge is 0.465 e. The lowest BCUT2D eigenvalue weighted by Gasteiger charge is -2.05. The smallest absolute Gasteiger partial charge is 0.343 e. The van der Waals surface area contributed by atoms with Crippen molar-refractivity contribution in [3.05, 3.63) is 106 Å². The summed E-state index contributed by atoms with van der Waals surface area (Å²) in [7, 11) is 1.32. The minimum atomic E-state index is -0.475. The molecule has 3 aromatic rings. The highest BCUT2D eigenvalue weighted by molar-refractivity contribution is 9.10. The van der Waals surface area contributed by atoms with Gasteiger partial charge in [0.15, 0.2) is 5.78 Å². The number of hydrogen-bond acceptors (Lipinski definition) is 5. The average molecular weight is 465 g/mol. The first-order valence-electron chi connectivity index (χ1n) is 8.95. The molecule has 5 nitrogen and oxygen atoms in total. The van der Waals surface area contributed by atoms with Crippen LogP contribution >= 0.6 is 15.9 Å². The van der Waals surface area contributed by atoms with Crippen LogP contribution in [0.5, 0.6) is 5.75 Å². The van der Waals surface area contributed by atoms with Crippen LogP contribution in [0.3, 0.4) is 0 Å². The molecule has 6 heteroatoms. The predicted molar refractivity (Wildman–Crippen MR) is 117 cm³/mol. The molecule has 0 heterocycles. The van der Waals surface area contributed by atoms with Crippen molar-refractivity contribution in [1.82, 2.24) is 0 Å². The van der Waals surface area contributed by atoms with E-state index in [0.29, 0.717) is 22.4 Å². The van der Waals surface area contributed by atoms with Crippen LogP contribution in [0.4, 0.5) is 0 Å². The lowest BCUT2D eigenvalue weighted by Crippen LogP contribution is -2.08. The van der Waals surface area contributed by atoms with Crippen LogP contribution in [-0.4, -0.2) is 24.8 Å². The van der Waals surface area contributed by atoms with Crippen molar-refractivity contribution in [1.29, 1.82) is 0 Å². The Morgan fingerprint density at radius 2 is 1.27 bits per heavy atom. The molecule has 0 amide bonds. The van der Waals surface area contributed by atoms with E-state index in [1.807, 2.05) is 0 Å². The minimum absolute atomic E-state index is 0.196. The first-order valence-corrected chi connectivity index (χ1v) is 9.74. The van der Waals surface area contributed by atoms with E-state index in [9.17, 15) is 14.4 Å². The molecule has 0 N–H and O–H groups in total. The molecule has 0 aliphatic heterocycles. The van der Waals surface area contributed by atoms with E-state index in [4.69, 9.17) is 4.74 Å². The van der Waals surface area contributed by atoms with Crippen LogP contribution in [0.2, 0.25) is 0 Å². The number of allylic oxidation sites excluding steroid dienone is 1. The molecule has 0 bridgehead atoms. The normalized spacial score (nSPS) is 10.6. The van der Waals surface area contributed by atoms with E-state index < -0.39 is 11.9 Å². The fourth-order valence-electron chi connectivity index (χ4n) is 2.56. The van der Waals surface area contributed by atoms with Crippen molar-refractivity contribution < 1.29 is 23.9 Å². The van der Waals surface area contributed by atoms with Crippen molar-refractivity contribution in [3.8, 4) is 5.75 Å². The summed E-state index contributed by atoms with van der Waals surface area (Å²) in [5.74, 6) is -0.737. The molecule has 3 aromatic carbocycles. The summed E-state index contributed by atoms with van der Waals surface area (Å²) in [5, 5.41) is 0. The Kier molecular flexibility index (Phi) is 6.93. The van der Waals surface area contributed by atoms with Crippen LogP contribution < -0.4 is 4.74 Å². The molecule has 0 aliphatic carbocycles. The maximum Gasteiger partial charge on any atom is 0.343 e. The second kappa shape index (κ2) is 9.80. The average Bonchev–Trinajstić information content (AvgIpc) is 2.78. The number of halogens is 1. The second-order valence-corrected chi connectivity index (χ2v) is 7.15. The molecule has 30 heavy (non-hydrogen) atoms. The highest BCUT2D eigenvalue weighted by Crippen LogP contribution is 2.17. The summed E-state index contributed by atoms with van der Waals surface area (Å²) in [6.07, 6.45) is 3.10. The summed E-state index contributed by atoms with van der Waals surface area (Å²) < 4.78 is 10.8. The molecular formula is C24H17BrO5. The van der Waals surface area contributed by atoms with E-state index in [1.54, 1.807) is 78.9 Å². The number of ether oxygens (including phenoxy) is 2. The number of esters is 2. The van der Waals surface area contributed by atoms with E-state index in [2.05, 4.69) is 20.7 Å². The minimum Gasteiger partial charge on any atom is -0.465 e. The van der Waals surface area contributed by atoms with E-state index in [0.717, 1.165) is 10.0 Å². The Balaban J connectivity index is 1.61. The monoisotopic (exact) mass is 464 g/mol. The molecule has 0 unspecified atom stereocenters. The van der Waals surface area contributed by atoms with Crippen molar-refractivity contribution >= 4 is 39.7 Å². The number of rotatable bonds is 6. The quantitative estimate of drug-likeness (QED) is 0.213. The first-order chi connectivity index (χ1) is 14.5. The van der Waals surface area contributed by atoms with Crippen LogP contribution in [0, 0.1) is 0 Å². The van der Waals surface area contributed by atoms with Crippen molar-refractivity contribution in [2.75, 3.05) is 7.11 Å². The van der Waals surface area contributed by atoms with Crippen LogP contribution in [0.25, 0.3) is 6.08 Å². The van der Waals surface area contributed by atoms with E-state index in [-0.39, 0.29) is 5.78 Å². The van der Waals surface area contributed by atoms with Gasteiger partial charge in [-0.25, -0.2) is 9.59 Å². The summed E-state index contributed by atoms with van der Waals surface area (Å²) in [5.41, 5.74) is 2.10. The number of carbonyl (C=O) groups excluding carboxylic acids is 3. The highest BCUT2D eigenvalue weighted by Gasteiger charge is 2.09. The molecule has 0 fully saturated rings. The van der Waals surface area contributed by atoms with Gasteiger partial charge in [-0.1, -0.05) is 34.1 Å². The summed E-state index contributed by atoms with van der Waals surface area (Å²) in [6.45, 7) is 0. The van der Waals surface area contributed by atoms with Gasteiger partial charge in [0, 0.05) is 10.0 Å². The van der Waals surface area contributed by atoms with Gasteiger partial charge < -0.3 is 9.47 Å². The van der Waals surface area contributed by atoms with Gasteiger partial charge in [0.25, 0.3) is 0 Å². The first kappa shape index (κ1) is 21.2. The van der Waals surface area contributed by atoms with Crippen LogP contribution in [-0.2, 0) is 4.74 Å². The molecule has 0 aliphatic rings. The summed E-state index contributed by atoms with van der Waals surface area (Å²) in [4.78, 5) is 35.9. The molecule has 150 valence electrons. The number of carbonyl (C=O) groups is 3. The van der Waals surface area contributed by atoms with E-state index >= 15 is 0 Å². The Labute approximate surface area is 182 Å². The standard InChI is InChI=1S/C24H17BrO5/c1-29-23(27)18-5-2-16(3-6-18)4-15-22(26)17-9-13-21(14-10-17)30-24(28)19-7-11-20(25)12-8-19/h2-15H,1H3/b15-4+. The SMILES string of the molecule is COC(=O)c1ccc(/C=C/C(=O)c2ccc(OC(=O)c3ccc(Br)cc3)cc2)cc1. The molecular weight excluding hydrogens is 448 g/mol. The molecule has 0 radical (unpaired) electrons. The maximum atomic E-state index is 12.4. The molecule has 0 spiro atoms. The molecule has 0 saturated carbocycles. The highest BCUT2D eigenvalue weighted by atomic mass is 79.9. The number of hydrogen-bond donors (Lipinski definition) is 0. The summed E-state index contributed by atoms with van der Waals surface area (Å²) in [6, 6.07) is 19.9. The molecule has 0 saturated heterocycles. The van der Waals surface area contributed by atoms with Gasteiger partial charge in [0.05, 0.1) is 18.2 Å². The zero-order chi connectivity index (χ0) is 21.5. The van der Waals surface area contributed by atoms with Gasteiger partial charge in [0.2, 0.25) is 0 Å². The van der Waals surface area contributed by atoms with Gasteiger partial charge in [0.1, 0.15) is 5.75 Å². The topological polar surface area (TPSA) is 69.7 Å². The molecule has 3 rings (SSSR count). The third-order valence-electron chi connectivity index (χ3n) is 4.19. The number of ketones is 1. The van der Waals surface area contributed by atoms with Crippen molar-refractivity contribution in [3.63, 3.8) is 0 Å². The zero-order valence-corrected chi connectivity index (χ0v) is 17.6. The van der Waals surface area contributed by atoms with Gasteiger partial charge in [-0.05, 0) is 72.3 Å². The molecule has 0 aromatic heterocycles. The number of methoxy groups -OCH3 is 1. The third-order valence-corrected chi connectivity index (χ3v) is 4.72. The van der Waals surface area contributed by atoms with Crippen LogP contribution in [0.15, 0.2) is 83.3 Å². The van der Waals surface area contributed by atoms with Crippen LogP contribution in [0.1, 0.15) is 36.6 Å². The fraction of sp³-hybridized carbons (Fsp3) is 0.0417. The lowest BCUT2D eigenvalue weighted by atomic mass is 10.1. The van der Waals surface area contributed by atoms with E-state index in [1.165, 1.54) is 13.2 Å². The second-order valence-electron chi connectivity index (χ2n) is 6.23. The Bertz CT molecular complexity index is 1080. The zero-order valence-electron chi connectivity index (χ0n) is 16.0. The number of benzene rings is 3. The lowest BCUT2D eigenvalue weighted by molar-refractivity contribution is 0.0600. The van der Waals surface area contributed by atoms with Gasteiger partial charge in [-0.3, -0.25) is 4.79 Å². The third kappa shape index (κ3) is 5.52. The fourth-order valence-corrected chi connectivity index (χ4v) is 2.82. The summed E-state index contributed by atoms with van der Waals surface area (Å²) >= 11 is 3.31. The van der Waals surface area contributed by atoms with Gasteiger partial charge in [-0.2, -0.15) is 0 Å². The van der Waals surface area contributed by atoms with Gasteiger partial charge >= 0.3 is 11.9 Å². The Morgan fingerprint density at radius 1 is 0.733 bits per heavy atom. The van der Waals surface area contributed by atoms with Crippen molar-refractivity contribution in [2.24, 2.45) is 0 Å². The molecule has 0 atom stereocenters. The maximum absolute atomic E-state index is 12.4. The van der Waals surface area contributed by atoms with Crippen molar-refractivity contribution in [2.45, 2.75) is 0 Å².